The van der Waals surface area contributed by atoms with Crippen molar-refractivity contribution >= 4 is 22.4 Å². The van der Waals surface area contributed by atoms with Crippen LogP contribution < -0.4 is 5.32 Å². The predicted molar refractivity (Wildman–Crippen MR) is 91.5 cm³/mol. The second-order valence-corrected chi connectivity index (χ2v) is 6.38. The Labute approximate surface area is 136 Å². The molecular weight excluding hydrogens is 294 g/mol. The molecule has 0 aliphatic rings. The summed E-state index contributed by atoms with van der Waals surface area (Å²) in [5.74, 6) is -0.128. The molecule has 4 nitrogen and oxygen atoms in total. The Kier molecular flexibility index (Phi) is 6.52. The molecule has 0 radical (unpaired) electrons. The summed E-state index contributed by atoms with van der Waals surface area (Å²) in [5, 5.41) is 12.3. The van der Waals surface area contributed by atoms with Crippen molar-refractivity contribution in [3.05, 3.63) is 40.4 Å². The Balaban J connectivity index is 1.87. The minimum absolute atomic E-state index is 0.128. The fourth-order valence-electron chi connectivity index (χ4n) is 2.19. The molecule has 1 heterocycles. The van der Waals surface area contributed by atoms with E-state index >= 15 is 0 Å². The lowest BCUT2D eigenvalue weighted by Crippen LogP contribution is -2.11. The first-order valence-corrected chi connectivity index (χ1v) is 8.77. The number of hydrogen-bond donors (Lipinski definition) is 1. The Bertz CT molecular complexity index is 592. The first-order valence-electron chi connectivity index (χ1n) is 7.95. The fraction of sp³-hybridized carbons (Fsp3) is 0.471. The van der Waals surface area contributed by atoms with Gasteiger partial charge in [-0.1, -0.05) is 56.6 Å². The van der Waals surface area contributed by atoms with Gasteiger partial charge in [0.05, 0.1) is 0 Å². The number of carbonyl (C=O) groups is 1. The summed E-state index contributed by atoms with van der Waals surface area (Å²) >= 11 is 1.42. The molecule has 0 unspecified atom stereocenters. The number of rotatable bonds is 8. The average molecular weight is 317 g/mol. The maximum Gasteiger partial charge on any atom is 0.257 e. The van der Waals surface area contributed by atoms with Crippen LogP contribution in [0.1, 0.15) is 60.5 Å². The highest BCUT2D eigenvalue weighted by Crippen LogP contribution is 2.17. The van der Waals surface area contributed by atoms with Crippen LogP contribution in [0.3, 0.4) is 0 Å². The van der Waals surface area contributed by atoms with Crippen LogP contribution in [0.4, 0.5) is 5.13 Å². The zero-order valence-corrected chi connectivity index (χ0v) is 14.1. The highest BCUT2D eigenvalue weighted by atomic mass is 32.1. The van der Waals surface area contributed by atoms with Crippen LogP contribution >= 0.6 is 11.3 Å². The lowest BCUT2D eigenvalue weighted by molar-refractivity contribution is 0.102. The van der Waals surface area contributed by atoms with E-state index in [4.69, 9.17) is 0 Å². The van der Waals surface area contributed by atoms with Crippen molar-refractivity contribution in [2.75, 3.05) is 5.32 Å². The van der Waals surface area contributed by atoms with E-state index in [-0.39, 0.29) is 5.91 Å². The van der Waals surface area contributed by atoms with Gasteiger partial charge in [-0.15, -0.1) is 10.2 Å². The second kappa shape index (κ2) is 8.63. The highest BCUT2D eigenvalue weighted by Gasteiger charge is 2.09. The number of nitrogens with zero attached hydrogens (tertiary/aromatic N) is 2. The lowest BCUT2D eigenvalue weighted by Gasteiger charge is -2.04. The Morgan fingerprint density at radius 1 is 1.09 bits per heavy atom. The van der Waals surface area contributed by atoms with Crippen LogP contribution in [0.5, 0.6) is 0 Å². The molecule has 2 rings (SSSR count). The normalized spacial score (nSPS) is 10.6. The van der Waals surface area contributed by atoms with E-state index < -0.39 is 0 Å². The van der Waals surface area contributed by atoms with Crippen molar-refractivity contribution in [1.29, 1.82) is 0 Å². The van der Waals surface area contributed by atoms with Gasteiger partial charge in [-0.3, -0.25) is 10.1 Å². The molecule has 22 heavy (non-hydrogen) atoms. The summed E-state index contributed by atoms with van der Waals surface area (Å²) in [5.41, 5.74) is 1.95. The van der Waals surface area contributed by atoms with E-state index in [0.717, 1.165) is 17.8 Å². The van der Waals surface area contributed by atoms with Crippen molar-refractivity contribution in [3.63, 3.8) is 0 Å². The zero-order valence-electron chi connectivity index (χ0n) is 13.3. The van der Waals surface area contributed by atoms with Gasteiger partial charge >= 0.3 is 0 Å². The molecule has 0 aliphatic heterocycles. The predicted octanol–water partition coefficient (Wildman–Crippen LogP) is 4.48. The molecule has 0 aliphatic carbocycles. The van der Waals surface area contributed by atoms with E-state index in [1.165, 1.54) is 42.6 Å². The van der Waals surface area contributed by atoms with Crippen molar-refractivity contribution in [3.8, 4) is 0 Å². The van der Waals surface area contributed by atoms with E-state index in [1.807, 2.05) is 31.2 Å². The maximum atomic E-state index is 12.1. The van der Waals surface area contributed by atoms with Gasteiger partial charge in [0.2, 0.25) is 5.13 Å². The first kappa shape index (κ1) is 16.6. The number of aryl methyl sites for hydroxylation is 2. The summed E-state index contributed by atoms with van der Waals surface area (Å²) in [6.45, 7) is 4.24. The molecule has 118 valence electrons. The van der Waals surface area contributed by atoms with Gasteiger partial charge in [0, 0.05) is 5.56 Å². The number of hydrogen-bond acceptors (Lipinski definition) is 4. The minimum atomic E-state index is -0.128. The molecule has 1 aromatic heterocycles. The highest BCUT2D eigenvalue weighted by molar-refractivity contribution is 7.15. The number of carbonyl (C=O) groups excluding carboxylic acids is 1. The Morgan fingerprint density at radius 3 is 2.50 bits per heavy atom. The lowest BCUT2D eigenvalue weighted by atomic mass is 10.0. The Morgan fingerprint density at radius 2 is 1.86 bits per heavy atom. The summed E-state index contributed by atoms with van der Waals surface area (Å²) in [7, 11) is 0. The number of unbranched alkanes of at least 4 members (excludes halogenated alkanes) is 3. The molecule has 0 atom stereocenters. The molecule has 1 N–H and O–H groups in total. The van der Waals surface area contributed by atoms with Crippen LogP contribution in [0.25, 0.3) is 0 Å². The summed E-state index contributed by atoms with van der Waals surface area (Å²) in [6, 6.07) is 7.84. The topological polar surface area (TPSA) is 54.9 Å². The van der Waals surface area contributed by atoms with E-state index in [2.05, 4.69) is 22.4 Å². The Hall–Kier alpha value is -1.75. The number of aromatic nitrogens is 2. The quantitative estimate of drug-likeness (QED) is 0.731. The van der Waals surface area contributed by atoms with Gasteiger partial charge in [-0.05, 0) is 37.0 Å². The van der Waals surface area contributed by atoms with Gasteiger partial charge in [0.25, 0.3) is 5.91 Å². The fourth-order valence-corrected chi connectivity index (χ4v) is 2.87. The van der Waals surface area contributed by atoms with Gasteiger partial charge in [-0.2, -0.15) is 0 Å². The van der Waals surface area contributed by atoms with Crippen molar-refractivity contribution in [1.82, 2.24) is 10.2 Å². The van der Waals surface area contributed by atoms with Crippen LogP contribution in [0.15, 0.2) is 24.3 Å². The van der Waals surface area contributed by atoms with E-state index in [0.29, 0.717) is 10.7 Å². The molecule has 0 spiro atoms. The number of benzene rings is 1. The molecule has 1 amide bonds. The molecule has 0 saturated heterocycles. The van der Waals surface area contributed by atoms with E-state index in [1.54, 1.807) is 0 Å². The third-order valence-electron chi connectivity index (χ3n) is 3.52. The van der Waals surface area contributed by atoms with Gasteiger partial charge < -0.3 is 0 Å². The number of anilines is 1. The van der Waals surface area contributed by atoms with Crippen LogP contribution in [-0.2, 0) is 12.8 Å². The third-order valence-corrected chi connectivity index (χ3v) is 4.51. The third kappa shape index (κ3) is 4.91. The standard InChI is InChI=1S/C17H23N3OS/c1-3-5-6-7-8-13-9-11-14(12-10-13)16(21)18-17-20-19-15(4-2)22-17/h9-12H,3-8H2,1-2H3,(H,18,20,21). The van der Waals surface area contributed by atoms with Crippen LogP contribution in [0, 0.1) is 0 Å². The van der Waals surface area contributed by atoms with Gasteiger partial charge in [0.15, 0.2) is 0 Å². The first-order chi connectivity index (χ1) is 10.7. The largest absolute Gasteiger partial charge is 0.296 e. The zero-order chi connectivity index (χ0) is 15.8. The van der Waals surface area contributed by atoms with Crippen molar-refractivity contribution < 1.29 is 4.79 Å². The SMILES string of the molecule is CCCCCCc1ccc(C(=O)Nc2nnc(CC)s2)cc1. The van der Waals surface area contributed by atoms with Crippen LogP contribution in [-0.4, -0.2) is 16.1 Å². The molecule has 0 saturated carbocycles. The second-order valence-electron chi connectivity index (χ2n) is 5.32. The van der Waals surface area contributed by atoms with Crippen molar-refractivity contribution in [2.45, 2.75) is 52.4 Å². The summed E-state index contributed by atoms with van der Waals surface area (Å²) in [6.07, 6.45) is 6.95. The van der Waals surface area contributed by atoms with Crippen molar-refractivity contribution in [2.24, 2.45) is 0 Å². The monoisotopic (exact) mass is 317 g/mol. The smallest absolute Gasteiger partial charge is 0.257 e. The molecule has 0 fully saturated rings. The average Bonchev–Trinajstić information content (AvgIpc) is 3.00. The summed E-state index contributed by atoms with van der Waals surface area (Å²) < 4.78 is 0. The maximum absolute atomic E-state index is 12.1. The van der Waals surface area contributed by atoms with Gasteiger partial charge in [-0.25, -0.2) is 0 Å². The molecule has 5 heteroatoms. The molecule has 2 aromatic rings. The van der Waals surface area contributed by atoms with E-state index in [9.17, 15) is 4.79 Å². The minimum Gasteiger partial charge on any atom is -0.296 e. The number of amides is 1. The molecule has 1 aromatic carbocycles. The van der Waals surface area contributed by atoms with Crippen LogP contribution in [0.2, 0.25) is 0 Å². The van der Waals surface area contributed by atoms with Gasteiger partial charge in [0.1, 0.15) is 5.01 Å². The number of nitrogens with one attached hydrogen (secondary N) is 1. The molecular formula is C17H23N3OS. The molecule has 0 bridgehead atoms. The summed E-state index contributed by atoms with van der Waals surface area (Å²) in [4.78, 5) is 12.1.